The van der Waals surface area contributed by atoms with Crippen LogP contribution in [0.2, 0.25) is 0 Å². The van der Waals surface area contributed by atoms with Gasteiger partial charge in [0.15, 0.2) is 0 Å². The minimum absolute atomic E-state index is 0.129. The van der Waals surface area contributed by atoms with Crippen LogP contribution >= 0.6 is 0 Å². The second kappa shape index (κ2) is 12.2. The zero-order chi connectivity index (χ0) is 14.4. The highest BCUT2D eigenvalue weighted by atomic mass is 32.2. The number of hydrogen-bond donors (Lipinski definition) is 1. The summed E-state index contributed by atoms with van der Waals surface area (Å²) in [6.07, 6.45) is 19.3. The molecule has 1 N–H and O–H groups in total. The average Bonchev–Trinajstić information content (AvgIpc) is 2.34. The van der Waals surface area contributed by atoms with Crippen LogP contribution in [0, 0.1) is 0 Å². The van der Waals surface area contributed by atoms with Crippen LogP contribution < -0.4 is 0 Å². The summed E-state index contributed by atoms with van der Waals surface area (Å²) < 4.78 is 29.5. The molecule has 0 aromatic heterocycles. The van der Waals surface area contributed by atoms with Gasteiger partial charge in [0.2, 0.25) is 0 Å². The lowest BCUT2D eigenvalue weighted by Crippen LogP contribution is -2.02. The molecule has 0 amide bonds. The summed E-state index contributed by atoms with van der Waals surface area (Å²) in [7, 11) is -3.78. The lowest BCUT2D eigenvalue weighted by Gasteiger charge is -1.95. The summed E-state index contributed by atoms with van der Waals surface area (Å²) in [5.41, 5.74) is 0. The van der Waals surface area contributed by atoms with Gasteiger partial charge in [-0.2, -0.15) is 8.42 Å². The Labute approximate surface area is 117 Å². The first kappa shape index (κ1) is 18.1. The molecule has 0 spiro atoms. The van der Waals surface area contributed by atoms with Crippen LogP contribution in [0.4, 0.5) is 0 Å². The molecule has 4 heteroatoms. The molecule has 0 aliphatic carbocycles. The van der Waals surface area contributed by atoms with E-state index in [2.05, 4.69) is 36.5 Å². The second-order valence-electron chi connectivity index (χ2n) is 4.45. The van der Waals surface area contributed by atoms with Crippen LogP contribution in [0.1, 0.15) is 51.9 Å². The number of hydrogen-bond acceptors (Lipinski definition) is 2. The van der Waals surface area contributed by atoms with Gasteiger partial charge >= 0.3 is 0 Å². The third-order valence-electron chi connectivity index (χ3n) is 2.59. The standard InChI is InChI=1S/C15H26O3S/c1-2-3-4-5-6-7-8-9-10-11-12-13-14-15-19(16,17)18/h2-3,6-7,10-11H,4-5,8-9,12-15H2,1H3,(H,16,17,18)/b3-2+,7-6+,11-10+. The molecular weight excluding hydrogens is 260 g/mol. The van der Waals surface area contributed by atoms with Crippen molar-refractivity contribution in [3.05, 3.63) is 36.5 Å². The van der Waals surface area contributed by atoms with Crippen LogP contribution in [-0.4, -0.2) is 18.7 Å². The molecule has 0 fully saturated rings. The Balaban J connectivity index is 3.35. The fraction of sp³-hybridized carbons (Fsp3) is 0.600. The van der Waals surface area contributed by atoms with Gasteiger partial charge in [0.25, 0.3) is 10.1 Å². The molecule has 0 atom stereocenters. The average molecular weight is 286 g/mol. The first-order valence-electron chi connectivity index (χ1n) is 6.92. The smallest absolute Gasteiger partial charge is 0.264 e. The molecule has 0 saturated carbocycles. The maximum Gasteiger partial charge on any atom is 0.264 e. The predicted octanol–water partition coefficient (Wildman–Crippen LogP) is 4.29. The van der Waals surface area contributed by atoms with Gasteiger partial charge in [0, 0.05) is 0 Å². The van der Waals surface area contributed by atoms with Gasteiger partial charge in [-0.25, -0.2) is 0 Å². The minimum Gasteiger partial charge on any atom is -0.286 e. The Kier molecular flexibility index (Phi) is 11.6. The van der Waals surface area contributed by atoms with Crippen molar-refractivity contribution < 1.29 is 13.0 Å². The van der Waals surface area contributed by atoms with Gasteiger partial charge in [-0.15, -0.1) is 0 Å². The van der Waals surface area contributed by atoms with Crippen LogP contribution in [0.15, 0.2) is 36.5 Å². The largest absolute Gasteiger partial charge is 0.286 e. The number of unbranched alkanes of at least 4 members (excludes halogenated alkanes) is 4. The van der Waals surface area contributed by atoms with E-state index in [9.17, 15) is 8.42 Å². The highest BCUT2D eigenvalue weighted by Crippen LogP contribution is 2.02. The molecule has 0 aromatic carbocycles. The summed E-state index contributed by atoms with van der Waals surface area (Å²) in [6, 6.07) is 0. The maximum absolute atomic E-state index is 10.5. The Morgan fingerprint density at radius 2 is 1.26 bits per heavy atom. The first-order valence-corrected chi connectivity index (χ1v) is 8.53. The Morgan fingerprint density at radius 1 is 0.789 bits per heavy atom. The van der Waals surface area contributed by atoms with Crippen molar-refractivity contribution in [2.75, 3.05) is 5.75 Å². The van der Waals surface area contributed by atoms with Crippen LogP contribution in [0.3, 0.4) is 0 Å². The topological polar surface area (TPSA) is 54.4 Å². The quantitative estimate of drug-likeness (QED) is 0.350. The number of rotatable bonds is 11. The monoisotopic (exact) mass is 286 g/mol. The molecule has 19 heavy (non-hydrogen) atoms. The van der Waals surface area contributed by atoms with E-state index >= 15 is 0 Å². The third-order valence-corrected chi connectivity index (χ3v) is 3.40. The summed E-state index contributed by atoms with van der Waals surface area (Å²) in [4.78, 5) is 0. The molecule has 0 radical (unpaired) electrons. The van der Waals surface area contributed by atoms with Crippen LogP contribution in [0.5, 0.6) is 0 Å². The minimum atomic E-state index is -3.78. The first-order chi connectivity index (χ1) is 9.06. The van der Waals surface area contributed by atoms with E-state index in [0.717, 1.165) is 38.5 Å². The lowest BCUT2D eigenvalue weighted by atomic mass is 10.2. The summed E-state index contributed by atoms with van der Waals surface area (Å²) in [5.74, 6) is -0.129. The predicted molar refractivity (Wildman–Crippen MR) is 81.8 cm³/mol. The Bertz CT molecular complexity index is 378. The van der Waals surface area contributed by atoms with Crippen molar-refractivity contribution in [3.8, 4) is 0 Å². The van der Waals surface area contributed by atoms with Crippen molar-refractivity contribution >= 4 is 10.1 Å². The van der Waals surface area contributed by atoms with Crippen molar-refractivity contribution in [2.45, 2.75) is 51.9 Å². The molecule has 0 heterocycles. The van der Waals surface area contributed by atoms with E-state index in [1.807, 2.05) is 6.92 Å². The van der Waals surface area contributed by atoms with Gasteiger partial charge in [-0.05, 0) is 51.9 Å². The molecular formula is C15H26O3S. The number of allylic oxidation sites excluding steroid dienone is 6. The fourth-order valence-electron chi connectivity index (χ4n) is 1.57. The molecule has 0 unspecified atom stereocenters. The highest BCUT2D eigenvalue weighted by molar-refractivity contribution is 7.85. The SMILES string of the molecule is C/C=C/CC/C=C/CC/C=C/CCCCS(=O)(=O)O. The van der Waals surface area contributed by atoms with Gasteiger partial charge in [0.1, 0.15) is 0 Å². The Morgan fingerprint density at radius 3 is 1.74 bits per heavy atom. The molecule has 0 aliphatic rings. The van der Waals surface area contributed by atoms with Crippen molar-refractivity contribution in [2.24, 2.45) is 0 Å². The van der Waals surface area contributed by atoms with E-state index in [-0.39, 0.29) is 5.75 Å². The fourth-order valence-corrected chi connectivity index (χ4v) is 2.14. The zero-order valence-corrected chi connectivity index (χ0v) is 12.6. The van der Waals surface area contributed by atoms with E-state index in [0.29, 0.717) is 6.42 Å². The van der Waals surface area contributed by atoms with E-state index < -0.39 is 10.1 Å². The molecule has 3 nitrogen and oxygen atoms in total. The molecule has 110 valence electrons. The van der Waals surface area contributed by atoms with Gasteiger partial charge in [0.05, 0.1) is 5.75 Å². The van der Waals surface area contributed by atoms with Gasteiger partial charge in [-0.1, -0.05) is 36.5 Å². The second-order valence-corrected chi connectivity index (χ2v) is 6.02. The van der Waals surface area contributed by atoms with Crippen molar-refractivity contribution in [1.29, 1.82) is 0 Å². The van der Waals surface area contributed by atoms with Crippen molar-refractivity contribution in [3.63, 3.8) is 0 Å². The molecule has 0 aliphatic heterocycles. The molecule has 0 rings (SSSR count). The van der Waals surface area contributed by atoms with Gasteiger partial charge in [-0.3, -0.25) is 4.55 Å². The summed E-state index contributed by atoms with van der Waals surface area (Å²) >= 11 is 0. The summed E-state index contributed by atoms with van der Waals surface area (Å²) in [6.45, 7) is 2.03. The summed E-state index contributed by atoms with van der Waals surface area (Å²) in [5, 5.41) is 0. The van der Waals surface area contributed by atoms with E-state index in [1.54, 1.807) is 0 Å². The molecule has 0 bridgehead atoms. The zero-order valence-electron chi connectivity index (χ0n) is 11.8. The van der Waals surface area contributed by atoms with Crippen molar-refractivity contribution in [1.82, 2.24) is 0 Å². The normalized spacial score (nSPS) is 13.2. The molecule has 0 aromatic rings. The molecule has 0 saturated heterocycles. The lowest BCUT2D eigenvalue weighted by molar-refractivity contribution is 0.480. The maximum atomic E-state index is 10.5. The highest BCUT2D eigenvalue weighted by Gasteiger charge is 2.01. The third kappa shape index (κ3) is 17.1. The van der Waals surface area contributed by atoms with Gasteiger partial charge < -0.3 is 0 Å². The van der Waals surface area contributed by atoms with Crippen LogP contribution in [-0.2, 0) is 10.1 Å². The van der Waals surface area contributed by atoms with Crippen LogP contribution in [0.25, 0.3) is 0 Å². The van der Waals surface area contributed by atoms with E-state index in [4.69, 9.17) is 4.55 Å². The Hall–Kier alpha value is -0.870. The van der Waals surface area contributed by atoms with E-state index in [1.165, 1.54) is 0 Å².